The first-order valence-corrected chi connectivity index (χ1v) is 9.08. The number of halogens is 1. The average Bonchev–Trinajstić information content (AvgIpc) is 2.94. The van der Waals surface area contributed by atoms with Crippen molar-refractivity contribution >= 4 is 17.6 Å². The number of hydrogen-bond donors (Lipinski definition) is 1. The number of hydrogen-bond acceptors (Lipinski definition) is 4. The van der Waals surface area contributed by atoms with Crippen LogP contribution in [0.3, 0.4) is 0 Å². The topological polar surface area (TPSA) is 59.0 Å². The van der Waals surface area contributed by atoms with E-state index in [-0.39, 0.29) is 0 Å². The summed E-state index contributed by atoms with van der Waals surface area (Å²) in [6.45, 7) is 1.61. The van der Waals surface area contributed by atoms with Crippen molar-refractivity contribution in [3.63, 3.8) is 0 Å². The van der Waals surface area contributed by atoms with E-state index in [1.807, 2.05) is 12.1 Å². The molecule has 1 aromatic carbocycles. The van der Waals surface area contributed by atoms with E-state index in [0.29, 0.717) is 48.2 Å². The van der Waals surface area contributed by atoms with Gasteiger partial charge >= 0.3 is 5.97 Å². The minimum Gasteiger partial charge on any atom is -0.486 e. The van der Waals surface area contributed by atoms with Crippen LogP contribution in [0.15, 0.2) is 12.1 Å². The molecule has 6 heteroatoms. The molecular formula is C18H22ClNO4. The van der Waals surface area contributed by atoms with Crippen molar-refractivity contribution in [2.45, 2.75) is 50.7 Å². The summed E-state index contributed by atoms with van der Waals surface area (Å²) in [5, 5.41) is 10.2. The molecule has 2 fully saturated rings. The molecule has 1 aliphatic carbocycles. The lowest BCUT2D eigenvalue weighted by atomic mass is 9.84. The fraction of sp³-hybridized carbons (Fsp3) is 0.611. The average molecular weight is 352 g/mol. The SMILES string of the molecule is O=C(O)[C@@H]1C[C@H]2CCCC[C@@H]2N1Cc1cc(Cl)c2c(c1)OCCO2. The van der Waals surface area contributed by atoms with E-state index in [9.17, 15) is 9.90 Å². The fourth-order valence-corrected chi connectivity index (χ4v) is 4.78. The molecular weight excluding hydrogens is 330 g/mol. The van der Waals surface area contributed by atoms with Crippen LogP contribution >= 0.6 is 11.6 Å². The zero-order valence-electron chi connectivity index (χ0n) is 13.5. The van der Waals surface area contributed by atoms with Gasteiger partial charge in [0.25, 0.3) is 0 Å². The number of carbonyl (C=O) groups is 1. The van der Waals surface area contributed by atoms with Crippen molar-refractivity contribution in [1.82, 2.24) is 4.90 Å². The van der Waals surface area contributed by atoms with E-state index in [1.165, 1.54) is 12.8 Å². The molecule has 0 amide bonds. The highest BCUT2D eigenvalue weighted by Gasteiger charge is 2.45. The maximum Gasteiger partial charge on any atom is 0.320 e. The first-order valence-electron chi connectivity index (χ1n) is 8.70. The van der Waals surface area contributed by atoms with Gasteiger partial charge in [-0.25, -0.2) is 0 Å². The zero-order chi connectivity index (χ0) is 16.7. The van der Waals surface area contributed by atoms with E-state index < -0.39 is 12.0 Å². The molecule has 1 saturated heterocycles. The Morgan fingerprint density at radius 1 is 1.25 bits per heavy atom. The molecule has 3 aliphatic rings. The summed E-state index contributed by atoms with van der Waals surface area (Å²) >= 11 is 6.33. The van der Waals surface area contributed by atoms with E-state index in [1.54, 1.807) is 0 Å². The number of carboxylic acids is 1. The third-order valence-corrected chi connectivity index (χ3v) is 5.81. The number of ether oxygens (including phenoxy) is 2. The van der Waals surface area contributed by atoms with Gasteiger partial charge in [-0.1, -0.05) is 24.4 Å². The van der Waals surface area contributed by atoms with Crippen molar-refractivity contribution in [2.75, 3.05) is 13.2 Å². The Morgan fingerprint density at radius 3 is 2.88 bits per heavy atom. The monoisotopic (exact) mass is 351 g/mol. The van der Waals surface area contributed by atoms with Gasteiger partial charge in [0.2, 0.25) is 0 Å². The molecule has 5 nitrogen and oxygen atoms in total. The van der Waals surface area contributed by atoms with Crippen LogP contribution in [0.2, 0.25) is 5.02 Å². The lowest BCUT2D eigenvalue weighted by molar-refractivity contribution is -0.142. The molecule has 130 valence electrons. The van der Waals surface area contributed by atoms with Gasteiger partial charge < -0.3 is 14.6 Å². The van der Waals surface area contributed by atoms with Crippen molar-refractivity contribution in [1.29, 1.82) is 0 Å². The van der Waals surface area contributed by atoms with Crippen molar-refractivity contribution in [3.05, 3.63) is 22.7 Å². The predicted octanol–water partition coefficient (Wildman–Crippen LogP) is 3.33. The van der Waals surface area contributed by atoms with Crippen LogP contribution in [0.4, 0.5) is 0 Å². The number of rotatable bonds is 3. The number of aliphatic carboxylic acids is 1. The Labute approximate surface area is 146 Å². The van der Waals surface area contributed by atoms with Gasteiger partial charge in [-0.15, -0.1) is 0 Å². The Kier molecular flexibility index (Phi) is 4.31. The number of fused-ring (bicyclic) bond motifs is 2. The highest BCUT2D eigenvalue weighted by molar-refractivity contribution is 6.32. The lowest BCUT2D eigenvalue weighted by Crippen LogP contribution is -2.41. The fourth-order valence-electron chi connectivity index (χ4n) is 4.49. The predicted molar refractivity (Wildman–Crippen MR) is 89.8 cm³/mol. The summed E-state index contributed by atoms with van der Waals surface area (Å²) in [5.41, 5.74) is 0.988. The van der Waals surface area contributed by atoms with Gasteiger partial charge in [-0.2, -0.15) is 0 Å². The number of benzene rings is 1. The van der Waals surface area contributed by atoms with Gasteiger partial charge in [0.1, 0.15) is 19.3 Å². The first kappa shape index (κ1) is 16.0. The minimum atomic E-state index is -0.715. The second kappa shape index (κ2) is 6.45. The Morgan fingerprint density at radius 2 is 2.04 bits per heavy atom. The Bertz CT molecular complexity index is 650. The second-order valence-corrected chi connectivity index (χ2v) is 7.38. The van der Waals surface area contributed by atoms with Crippen LogP contribution < -0.4 is 9.47 Å². The van der Waals surface area contributed by atoms with Crippen LogP contribution in [0, 0.1) is 5.92 Å². The highest BCUT2D eigenvalue weighted by atomic mass is 35.5. The molecule has 0 aromatic heterocycles. The summed E-state index contributed by atoms with van der Waals surface area (Å²) in [4.78, 5) is 13.9. The van der Waals surface area contributed by atoms with E-state index in [4.69, 9.17) is 21.1 Å². The van der Waals surface area contributed by atoms with E-state index >= 15 is 0 Å². The maximum atomic E-state index is 11.7. The third kappa shape index (κ3) is 2.84. The molecule has 1 N–H and O–H groups in total. The molecule has 3 atom stereocenters. The minimum absolute atomic E-state index is 0.367. The molecule has 2 aliphatic heterocycles. The molecule has 24 heavy (non-hydrogen) atoms. The van der Waals surface area contributed by atoms with Gasteiger partial charge in [-0.3, -0.25) is 9.69 Å². The van der Waals surface area contributed by atoms with Crippen molar-refractivity contribution < 1.29 is 19.4 Å². The van der Waals surface area contributed by atoms with Crippen molar-refractivity contribution in [3.8, 4) is 11.5 Å². The smallest absolute Gasteiger partial charge is 0.320 e. The summed E-state index contributed by atoms with van der Waals surface area (Å²) in [6, 6.07) is 3.79. The summed E-state index contributed by atoms with van der Waals surface area (Å²) in [7, 11) is 0. The molecule has 0 spiro atoms. The van der Waals surface area contributed by atoms with E-state index in [2.05, 4.69) is 4.90 Å². The molecule has 4 rings (SSSR count). The molecule has 2 heterocycles. The first-order chi connectivity index (χ1) is 11.6. The molecule has 1 aromatic rings. The number of likely N-dealkylation sites (tertiary alicyclic amines) is 1. The lowest BCUT2D eigenvalue weighted by Gasteiger charge is -2.33. The number of carboxylic acid groups (broad SMARTS) is 1. The third-order valence-electron chi connectivity index (χ3n) is 5.53. The molecule has 1 saturated carbocycles. The molecule has 0 bridgehead atoms. The van der Waals surface area contributed by atoms with Crippen LogP contribution in [0.5, 0.6) is 11.5 Å². The summed E-state index contributed by atoms with van der Waals surface area (Å²) in [5.74, 6) is 1.05. The second-order valence-electron chi connectivity index (χ2n) is 6.98. The van der Waals surface area contributed by atoms with Crippen LogP contribution in [-0.4, -0.2) is 41.3 Å². The van der Waals surface area contributed by atoms with Crippen molar-refractivity contribution in [2.24, 2.45) is 5.92 Å². The van der Waals surface area contributed by atoms with Gasteiger partial charge in [0, 0.05) is 12.6 Å². The molecule has 0 radical (unpaired) electrons. The standard InChI is InChI=1S/C18H22ClNO4/c19-13-7-11(8-16-17(13)24-6-5-23-16)10-20-14-4-2-1-3-12(14)9-15(20)18(21)22/h7-8,12,14-15H,1-6,9-10H2,(H,21,22)/t12-,14+,15+/m1/s1. The van der Waals surface area contributed by atoms with Crippen LogP contribution in [0.1, 0.15) is 37.7 Å². The van der Waals surface area contributed by atoms with Gasteiger partial charge in [-0.05, 0) is 42.9 Å². The van der Waals surface area contributed by atoms with Crippen LogP contribution in [-0.2, 0) is 11.3 Å². The van der Waals surface area contributed by atoms with E-state index in [0.717, 1.165) is 24.8 Å². The number of nitrogens with zero attached hydrogens (tertiary/aromatic N) is 1. The summed E-state index contributed by atoms with van der Waals surface area (Å²) in [6.07, 6.45) is 5.40. The normalized spacial score (nSPS) is 29.3. The maximum absolute atomic E-state index is 11.7. The summed E-state index contributed by atoms with van der Waals surface area (Å²) < 4.78 is 11.2. The van der Waals surface area contributed by atoms with Gasteiger partial charge in [0.15, 0.2) is 11.5 Å². The zero-order valence-corrected chi connectivity index (χ0v) is 14.3. The van der Waals surface area contributed by atoms with Gasteiger partial charge in [0.05, 0.1) is 5.02 Å². The largest absolute Gasteiger partial charge is 0.486 e. The van der Waals surface area contributed by atoms with Crippen LogP contribution in [0.25, 0.3) is 0 Å². The Hall–Kier alpha value is -1.46. The highest BCUT2D eigenvalue weighted by Crippen LogP contribution is 2.42. The quantitative estimate of drug-likeness (QED) is 0.905. The molecule has 0 unspecified atom stereocenters. The Balaban J connectivity index is 1.60.